The standard InChI is InChI=1S/C21H20N4O3/c1-2-13-8-10-15(11-9-13)17-16-18(23-20(27)22-17)25(21(28)24-19(16)26)12-14-6-4-3-5-7-14/h3-11,17H,2,12H2,1H3,(H2,22,23,27)(H,24,26,28). The number of aromatic amines is 1. The summed E-state index contributed by atoms with van der Waals surface area (Å²) in [5.74, 6) is 0.228. The smallest absolute Gasteiger partial charge is 0.327 e. The molecule has 0 spiro atoms. The number of aryl methyl sites for hydroxylation is 1. The van der Waals surface area contributed by atoms with Crippen molar-refractivity contribution in [2.45, 2.75) is 25.9 Å². The van der Waals surface area contributed by atoms with Gasteiger partial charge in [0.05, 0.1) is 18.2 Å². The van der Waals surface area contributed by atoms with Crippen molar-refractivity contribution < 1.29 is 4.79 Å². The Morgan fingerprint density at radius 3 is 2.32 bits per heavy atom. The summed E-state index contributed by atoms with van der Waals surface area (Å²) in [6.07, 6.45) is 0.895. The number of fused-ring (bicyclic) bond motifs is 1. The molecule has 1 aliphatic rings. The first-order valence-corrected chi connectivity index (χ1v) is 9.14. The van der Waals surface area contributed by atoms with Gasteiger partial charge >= 0.3 is 11.7 Å². The van der Waals surface area contributed by atoms with Gasteiger partial charge in [0.25, 0.3) is 5.56 Å². The molecule has 0 radical (unpaired) electrons. The highest BCUT2D eigenvalue weighted by Gasteiger charge is 2.31. The maximum Gasteiger partial charge on any atom is 0.330 e. The van der Waals surface area contributed by atoms with Crippen LogP contribution in [0.2, 0.25) is 0 Å². The largest absolute Gasteiger partial charge is 0.330 e. The highest BCUT2D eigenvalue weighted by Crippen LogP contribution is 2.28. The fourth-order valence-corrected chi connectivity index (χ4v) is 3.45. The molecule has 1 aliphatic heterocycles. The van der Waals surface area contributed by atoms with Crippen LogP contribution < -0.4 is 21.9 Å². The highest BCUT2D eigenvalue weighted by molar-refractivity contribution is 5.92. The van der Waals surface area contributed by atoms with E-state index in [9.17, 15) is 14.4 Å². The number of amides is 2. The minimum absolute atomic E-state index is 0.228. The minimum Gasteiger partial charge on any atom is -0.327 e. The van der Waals surface area contributed by atoms with Crippen LogP contribution in [0.4, 0.5) is 10.6 Å². The maximum absolute atomic E-state index is 12.6. The van der Waals surface area contributed by atoms with E-state index < -0.39 is 23.3 Å². The normalized spacial score (nSPS) is 15.5. The number of rotatable bonds is 4. The van der Waals surface area contributed by atoms with E-state index >= 15 is 0 Å². The first-order valence-electron chi connectivity index (χ1n) is 9.14. The average molecular weight is 376 g/mol. The fourth-order valence-electron chi connectivity index (χ4n) is 3.45. The van der Waals surface area contributed by atoms with E-state index in [1.54, 1.807) is 0 Å². The summed E-state index contributed by atoms with van der Waals surface area (Å²) in [7, 11) is 0. The number of urea groups is 1. The number of nitrogens with one attached hydrogen (secondary N) is 3. The van der Waals surface area contributed by atoms with E-state index in [4.69, 9.17) is 0 Å². The van der Waals surface area contributed by atoms with Gasteiger partial charge in [0.1, 0.15) is 5.82 Å². The SMILES string of the molecule is CCc1ccc(C2NC(=O)Nc3c2c(=O)[nH]c(=O)n3Cc2ccccc2)cc1. The van der Waals surface area contributed by atoms with Crippen molar-refractivity contribution in [2.75, 3.05) is 5.32 Å². The highest BCUT2D eigenvalue weighted by atomic mass is 16.2. The Morgan fingerprint density at radius 1 is 0.929 bits per heavy atom. The quantitative estimate of drug-likeness (QED) is 0.652. The van der Waals surface area contributed by atoms with E-state index in [1.807, 2.05) is 54.6 Å². The second kappa shape index (κ2) is 7.19. The Hall–Kier alpha value is -3.61. The number of hydrogen-bond donors (Lipinski definition) is 3. The lowest BCUT2D eigenvalue weighted by Gasteiger charge is -2.28. The molecule has 3 N–H and O–H groups in total. The number of carbonyl (C=O) groups excluding carboxylic acids is 1. The predicted molar refractivity (Wildman–Crippen MR) is 107 cm³/mol. The molecule has 2 heterocycles. The van der Waals surface area contributed by atoms with Gasteiger partial charge in [-0.3, -0.25) is 19.7 Å². The predicted octanol–water partition coefficient (Wildman–Crippen LogP) is 2.37. The van der Waals surface area contributed by atoms with Crippen molar-refractivity contribution >= 4 is 11.8 Å². The third kappa shape index (κ3) is 3.22. The van der Waals surface area contributed by atoms with Crippen molar-refractivity contribution in [3.8, 4) is 0 Å². The second-order valence-electron chi connectivity index (χ2n) is 6.72. The third-order valence-electron chi connectivity index (χ3n) is 4.94. The summed E-state index contributed by atoms with van der Waals surface area (Å²) in [4.78, 5) is 39.8. The van der Waals surface area contributed by atoms with E-state index in [0.29, 0.717) is 5.56 Å². The number of anilines is 1. The van der Waals surface area contributed by atoms with Gasteiger partial charge in [0.15, 0.2) is 0 Å². The monoisotopic (exact) mass is 376 g/mol. The zero-order valence-electron chi connectivity index (χ0n) is 15.4. The molecular formula is C21H20N4O3. The maximum atomic E-state index is 12.6. The van der Waals surface area contributed by atoms with Crippen LogP contribution in [0.1, 0.15) is 35.2 Å². The summed E-state index contributed by atoms with van der Waals surface area (Å²) < 4.78 is 1.39. The molecule has 0 saturated heterocycles. The number of hydrogen-bond acceptors (Lipinski definition) is 3. The van der Waals surface area contributed by atoms with Gasteiger partial charge in [-0.25, -0.2) is 9.59 Å². The van der Waals surface area contributed by atoms with Crippen LogP contribution in [0.5, 0.6) is 0 Å². The molecule has 142 valence electrons. The van der Waals surface area contributed by atoms with Crippen molar-refractivity contribution in [1.82, 2.24) is 14.9 Å². The van der Waals surface area contributed by atoms with Crippen LogP contribution in [0, 0.1) is 0 Å². The van der Waals surface area contributed by atoms with Gasteiger partial charge in [-0.05, 0) is 23.1 Å². The van der Waals surface area contributed by atoms with E-state index in [2.05, 4.69) is 22.5 Å². The fraction of sp³-hybridized carbons (Fsp3) is 0.190. The van der Waals surface area contributed by atoms with E-state index in [0.717, 1.165) is 23.1 Å². The van der Waals surface area contributed by atoms with Crippen molar-refractivity contribution in [3.05, 3.63) is 97.7 Å². The van der Waals surface area contributed by atoms with Crippen molar-refractivity contribution in [1.29, 1.82) is 0 Å². The summed E-state index contributed by atoms with van der Waals surface area (Å²) in [5, 5.41) is 5.44. The van der Waals surface area contributed by atoms with Gasteiger partial charge in [-0.1, -0.05) is 61.5 Å². The van der Waals surface area contributed by atoms with Gasteiger partial charge in [-0.15, -0.1) is 0 Å². The van der Waals surface area contributed by atoms with Gasteiger partial charge in [0.2, 0.25) is 0 Å². The Labute approximate surface area is 161 Å². The second-order valence-corrected chi connectivity index (χ2v) is 6.72. The topological polar surface area (TPSA) is 96.0 Å². The molecule has 0 bridgehead atoms. The number of carbonyl (C=O) groups is 1. The molecule has 1 unspecified atom stereocenters. The lowest BCUT2D eigenvalue weighted by molar-refractivity contribution is 0.248. The van der Waals surface area contributed by atoms with Crippen LogP contribution in [0.25, 0.3) is 0 Å². The molecule has 0 fully saturated rings. The van der Waals surface area contributed by atoms with Crippen molar-refractivity contribution in [2.24, 2.45) is 0 Å². The zero-order chi connectivity index (χ0) is 19.7. The number of aromatic nitrogens is 2. The van der Waals surface area contributed by atoms with Crippen LogP contribution >= 0.6 is 0 Å². The molecule has 3 aromatic rings. The van der Waals surface area contributed by atoms with Gasteiger partial charge < -0.3 is 5.32 Å². The molecule has 0 aliphatic carbocycles. The summed E-state index contributed by atoms with van der Waals surface area (Å²) in [5.41, 5.74) is 2.07. The van der Waals surface area contributed by atoms with E-state index in [1.165, 1.54) is 4.57 Å². The van der Waals surface area contributed by atoms with Crippen LogP contribution in [0.15, 0.2) is 64.2 Å². The molecule has 7 heteroatoms. The van der Waals surface area contributed by atoms with E-state index in [-0.39, 0.29) is 12.4 Å². The third-order valence-corrected chi connectivity index (χ3v) is 4.94. The molecule has 2 amide bonds. The molecule has 7 nitrogen and oxygen atoms in total. The summed E-state index contributed by atoms with van der Waals surface area (Å²) >= 11 is 0. The Bertz CT molecular complexity index is 1130. The van der Waals surface area contributed by atoms with Crippen LogP contribution in [-0.4, -0.2) is 15.6 Å². The Morgan fingerprint density at radius 2 is 1.64 bits per heavy atom. The average Bonchev–Trinajstić information content (AvgIpc) is 2.71. The van der Waals surface area contributed by atoms with Gasteiger partial charge in [0, 0.05) is 0 Å². The lowest BCUT2D eigenvalue weighted by Crippen LogP contribution is -2.46. The van der Waals surface area contributed by atoms with Crippen LogP contribution in [-0.2, 0) is 13.0 Å². The minimum atomic E-state index is -0.638. The molecule has 1 aromatic heterocycles. The lowest BCUT2D eigenvalue weighted by atomic mass is 9.97. The first-order chi connectivity index (χ1) is 13.6. The van der Waals surface area contributed by atoms with Crippen LogP contribution in [0.3, 0.4) is 0 Å². The molecule has 2 aromatic carbocycles. The number of benzene rings is 2. The summed E-state index contributed by atoms with van der Waals surface area (Å²) in [6, 6.07) is 16.0. The van der Waals surface area contributed by atoms with Gasteiger partial charge in [-0.2, -0.15) is 0 Å². The Balaban J connectivity index is 1.86. The number of H-pyrrole nitrogens is 1. The molecule has 4 rings (SSSR count). The number of nitrogens with zero attached hydrogens (tertiary/aromatic N) is 1. The Kier molecular flexibility index (Phi) is 4.57. The first kappa shape index (κ1) is 17.8. The van der Waals surface area contributed by atoms with Crippen molar-refractivity contribution in [3.63, 3.8) is 0 Å². The zero-order valence-corrected chi connectivity index (χ0v) is 15.4. The molecular weight excluding hydrogens is 356 g/mol. The molecule has 1 atom stereocenters. The molecule has 28 heavy (non-hydrogen) atoms. The summed E-state index contributed by atoms with van der Waals surface area (Å²) in [6.45, 7) is 2.30. The molecule has 0 saturated carbocycles.